The fourth-order valence-corrected chi connectivity index (χ4v) is 0.413. The lowest BCUT2D eigenvalue weighted by Gasteiger charge is -1.78. The molecule has 0 amide bonds. The van der Waals surface area contributed by atoms with Crippen molar-refractivity contribution in [2.45, 2.75) is 6.92 Å². The molecule has 0 saturated carbocycles. The first kappa shape index (κ1) is 6.70. The second-order valence-electron chi connectivity index (χ2n) is 1.22. The lowest BCUT2D eigenvalue weighted by atomic mass is 10.3. The zero-order chi connectivity index (χ0) is 5.70. The van der Waals surface area contributed by atoms with Gasteiger partial charge in [-0.3, -0.25) is 4.79 Å². The Kier molecular flexibility index (Phi) is 3.71. The molecule has 0 heterocycles. The van der Waals surface area contributed by atoms with E-state index < -0.39 is 0 Å². The predicted octanol–water partition coefficient (Wildman–Crippen LogP) is 1.37. The van der Waals surface area contributed by atoms with Crippen molar-refractivity contribution < 1.29 is 4.79 Å². The Balaban J connectivity index is 3.49. The topological polar surface area (TPSA) is 17.1 Å². The third-order valence-electron chi connectivity index (χ3n) is 0.585. The van der Waals surface area contributed by atoms with Gasteiger partial charge in [-0.25, -0.2) is 0 Å². The summed E-state index contributed by atoms with van der Waals surface area (Å²) in [6, 6.07) is 0. The number of carbonyl (C=O) groups excluding carboxylic acids is 1. The molecular weight excluding hydrogens is 112 g/mol. The summed E-state index contributed by atoms with van der Waals surface area (Å²) in [5.74, 6) is 0.421. The standard InChI is InChI=1S/C5H7ClO/c1-5(4-7)2-3-6/h2,4H,3H2,1H3/b5-2-. The average Bonchev–Trinajstić information content (AvgIpc) is 1.68. The largest absolute Gasteiger partial charge is 0.298 e. The van der Waals surface area contributed by atoms with E-state index in [-0.39, 0.29) is 0 Å². The summed E-state index contributed by atoms with van der Waals surface area (Å²) in [6.07, 6.45) is 2.44. The van der Waals surface area contributed by atoms with Gasteiger partial charge in [-0.05, 0) is 12.5 Å². The molecule has 0 N–H and O–H groups in total. The number of allylic oxidation sites excluding steroid dienone is 2. The van der Waals surface area contributed by atoms with E-state index in [9.17, 15) is 4.79 Å². The molecule has 0 atom stereocenters. The Morgan fingerprint density at radius 3 is 2.57 bits per heavy atom. The molecule has 0 radical (unpaired) electrons. The van der Waals surface area contributed by atoms with E-state index in [1.807, 2.05) is 0 Å². The van der Waals surface area contributed by atoms with Crippen LogP contribution in [0.1, 0.15) is 6.92 Å². The van der Waals surface area contributed by atoms with Crippen LogP contribution in [0.3, 0.4) is 0 Å². The van der Waals surface area contributed by atoms with Crippen LogP contribution in [0.25, 0.3) is 0 Å². The number of aldehydes is 1. The molecule has 0 aromatic rings. The van der Waals surface area contributed by atoms with Gasteiger partial charge in [0.2, 0.25) is 0 Å². The SMILES string of the molecule is C/C(C=O)=C/CCl. The van der Waals surface area contributed by atoms with Crippen LogP contribution in [0, 0.1) is 0 Å². The molecule has 0 aliphatic rings. The maximum absolute atomic E-state index is 9.77. The summed E-state index contributed by atoms with van der Waals surface area (Å²) < 4.78 is 0. The van der Waals surface area contributed by atoms with E-state index in [1.54, 1.807) is 13.0 Å². The number of carbonyl (C=O) groups is 1. The molecule has 0 unspecified atom stereocenters. The highest BCUT2D eigenvalue weighted by Crippen LogP contribution is 1.86. The van der Waals surface area contributed by atoms with E-state index in [0.717, 1.165) is 6.29 Å². The molecule has 0 saturated heterocycles. The molecule has 0 fully saturated rings. The Morgan fingerprint density at radius 2 is 2.43 bits per heavy atom. The molecule has 7 heavy (non-hydrogen) atoms. The minimum atomic E-state index is 0.421. The fourth-order valence-electron chi connectivity index (χ4n) is 0.170. The average molecular weight is 119 g/mol. The third kappa shape index (κ3) is 3.53. The maximum atomic E-state index is 9.77. The minimum Gasteiger partial charge on any atom is -0.298 e. The lowest BCUT2D eigenvalue weighted by Crippen LogP contribution is -1.74. The Bertz CT molecular complexity index is 86.1. The predicted molar refractivity (Wildman–Crippen MR) is 30.5 cm³/mol. The Labute approximate surface area is 48.0 Å². The van der Waals surface area contributed by atoms with E-state index in [1.165, 1.54) is 0 Å². The van der Waals surface area contributed by atoms with Crippen LogP contribution >= 0.6 is 11.6 Å². The molecule has 0 aliphatic carbocycles. The monoisotopic (exact) mass is 118 g/mol. The van der Waals surface area contributed by atoms with Gasteiger partial charge in [0.25, 0.3) is 0 Å². The molecular formula is C5H7ClO. The van der Waals surface area contributed by atoms with Crippen LogP contribution in [0.2, 0.25) is 0 Å². The highest BCUT2D eigenvalue weighted by Gasteiger charge is 1.77. The van der Waals surface area contributed by atoms with Crippen molar-refractivity contribution in [1.29, 1.82) is 0 Å². The highest BCUT2D eigenvalue weighted by atomic mass is 35.5. The van der Waals surface area contributed by atoms with E-state index in [0.29, 0.717) is 11.5 Å². The van der Waals surface area contributed by atoms with Gasteiger partial charge in [-0.15, -0.1) is 11.6 Å². The van der Waals surface area contributed by atoms with Crippen LogP contribution < -0.4 is 0 Å². The molecule has 1 nitrogen and oxygen atoms in total. The first-order valence-electron chi connectivity index (χ1n) is 1.99. The van der Waals surface area contributed by atoms with Crippen LogP contribution in [-0.2, 0) is 4.79 Å². The van der Waals surface area contributed by atoms with Crippen LogP contribution in [0.15, 0.2) is 11.6 Å². The van der Waals surface area contributed by atoms with Crippen molar-refractivity contribution in [3.8, 4) is 0 Å². The lowest BCUT2D eigenvalue weighted by molar-refractivity contribution is -0.104. The van der Waals surface area contributed by atoms with Gasteiger partial charge < -0.3 is 0 Å². The van der Waals surface area contributed by atoms with Crippen LogP contribution in [0.5, 0.6) is 0 Å². The molecule has 0 bridgehead atoms. The van der Waals surface area contributed by atoms with Gasteiger partial charge >= 0.3 is 0 Å². The van der Waals surface area contributed by atoms with Gasteiger partial charge in [0, 0.05) is 5.88 Å². The van der Waals surface area contributed by atoms with Gasteiger partial charge in [0.15, 0.2) is 0 Å². The molecule has 2 heteroatoms. The smallest absolute Gasteiger partial charge is 0.145 e. The van der Waals surface area contributed by atoms with Crippen molar-refractivity contribution in [2.75, 3.05) is 5.88 Å². The number of alkyl halides is 1. The van der Waals surface area contributed by atoms with Gasteiger partial charge in [0.1, 0.15) is 6.29 Å². The molecule has 0 aromatic heterocycles. The number of hydrogen-bond donors (Lipinski definition) is 0. The summed E-state index contributed by atoms with van der Waals surface area (Å²) >= 11 is 5.24. The normalized spacial score (nSPS) is 11.4. The van der Waals surface area contributed by atoms with Gasteiger partial charge in [-0.2, -0.15) is 0 Å². The van der Waals surface area contributed by atoms with Crippen molar-refractivity contribution >= 4 is 17.9 Å². The summed E-state index contributed by atoms with van der Waals surface area (Å²) in [6.45, 7) is 1.72. The highest BCUT2D eigenvalue weighted by molar-refractivity contribution is 6.19. The molecule has 40 valence electrons. The maximum Gasteiger partial charge on any atom is 0.145 e. The van der Waals surface area contributed by atoms with Crippen LogP contribution in [0.4, 0.5) is 0 Å². The summed E-state index contributed by atoms with van der Waals surface area (Å²) in [4.78, 5) is 9.77. The quantitative estimate of drug-likeness (QED) is 0.304. The summed E-state index contributed by atoms with van der Waals surface area (Å²) in [7, 11) is 0. The molecule has 0 rings (SSSR count). The minimum absolute atomic E-state index is 0.421. The first-order chi connectivity index (χ1) is 3.31. The van der Waals surface area contributed by atoms with Gasteiger partial charge in [-0.1, -0.05) is 6.08 Å². The van der Waals surface area contributed by atoms with Crippen molar-refractivity contribution in [3.63, 3.8) is 0 Å². The summed E-state index contributed by atoms with van der Waals surface area (Å²) in [5.41, 5.74) is 0.690. The van der Waals surface area contributed by atoms with Crippen molar-refractivity contribution in [3.05, 3.63) is 11.6 Å². The molecule has 0 aliphatic heterocycles. The van der Waals surface area contributed by atoms with Crippen molar-refractivity contribution in [2.24, 2.45) is 0 Å². The van der Waals surface area contributed by atoms with E-state index in [4.69, 9.17) is 11.6 Å². The first-order valence-corrected chi connectivity index (χ1v) is 2.52. The second kappa shape index (κ2) is 3.88. The zero-order valence-corrected chi connectivity index (χ0v) is 4.90. The van der Waals surface area contributed by atoms with E-state index >= 15 is 0 Å². The van der Waals surface area contributed by atoms with E-state index in [2.05, 4.69) is 0 Å². The fraction of sp³-hybridized carbons (Fsp3) is 0.400. The molecule has 0 spiro atoms. The van der Waals surface area contributed by atoms with Gasteiger partial charge in [0.05, 0.1) is 0 Å². The number of hydrogen-bond acceptors (Lipinski definition) is 1. The van der Waals surface area contributed by atoms with Crippen LogP contribution in [-0.4, -0.2) is 12.2 Å². The third-order valence-corrected chi connectivity index (χ3v) is 0.739. The Morgan fingerprint density at radius 1 is 1.86 bits per heavy atom. The number of rotatable bonds is 2. The Hall–Kier alpha value is -0.300. The number of halogens is 1. The molecule has 0 aromatic carbocycles. The zero-order valence-electron chi connectivity index (χ0n) is 4.15. The summed E-state index contributed by atoms with van der Waals surface area (Å²) in [5, 5.41) is 0. The second-order valence-corrected chi connectivity index (χ2v) is 1.53. The van der Waals surface area contributed by atoms with Crippen molar-refractivity contribution in [1.82, 2.24) is 0 Å².